The summed E-state index contributed by atoms with van der Waals surface area (Å²) in [6.07, 6.45) is 3.63. The molecule has 8 heteroatoms. The molecule has 0 spiro atoms. The van der Waals surface area contributed by atoms with Gasteiger partial charge in [0, 0.05) is 13.1 Å². The normalized spacial score (nSPS) is 18.2. The van der Waals surface area contributed by atoms with Gasteiger partial charge in [0.25, 0.3) is 5.91 Å². The van der Waals surface area contributed by atoms with E-state index in [9.17, 15) is 19.5 Å². The van der Waals surface area contributed by atoms with Crippen LogP contribution in [0.5, 0.6) is 0 Å². The number of amides is 2. The van der Waals surface area contributed by atoms with Gasteiger partial charge < -0.3 is 15.3 Å². The molecule has 6 nitrogen and oxygen atoms in total. The van der Waals surface area contributed by atoms with E-state index in [0.717, 1.165) is 0 Å². The van der Waals surface area contributed by atoms with Gasteiger partial charge >= 0.3 is 5.97 Å². The molecule has 0 radical (unpaired) electrons. The molecule has 142 valence electrons. The number of carbonyl (C=O) groups excluding carboxylic acids is 2. The highest BCUT2D eigenvalue weighted by molar-refractivity contribution is 7.98. The molecule has 2 amide bonds. The Bertz CT molecular complexity index is 670. The van der Waals surface area contributed by atoms with Crippen LogP contribution in [0.3, 0.4) is 0 Å². The molecule has 0 bridgehead atoms. The Morgan fingerprint density at radius 2 is 2.12 bits per heavy atom. The van der Waals surface area contributed by atoms with Crippen molar-refractivity contribution in [3.8, 4) is 0 Å². The molecular weight excluding hydrogens is 376 g/mol. The zero-order valence-electron chi connectivity index (χ0n) is 14.6. The van der Waals surface area contributed by atoms with Crippen molar-refractivity contribution in [2.24, 2.45) is 5.92 Å². The summed E-state index contributed by atoms with van der Waals surface area (Å²) < 4.78 is 0. The molecule has 1 heterocycles. The first-order valence-corrected chi connectivity index (χ1v) is 10.3. The predicted molar refractivity (Wildman–Crippen MR) is 103 cm³/mol. The fourth-order valence-corrected chi connectivity index (χ4v) is 3.67. The molecule has 2 unspecified atom stereocenters. The van der Waals surface area contributed by atoms with Crippen LogP contribution in [0, 0.1) is 5.92 Å². The molecule has 1 aromatic carbocycles. The van der Waals surface area contributed by atoms with Crippen molar-refractivity contribution in [2.75, 3.05) is 25.1 Å². The van der Waals surface area contributed by atoms with E-state index in [1.54, 1.807) is 40.9 Å². The van der Waals surface area contributed by atoms with E-state index in [4.69, 9.17) is 11.6 Å². The number of carboxylic acids is 1. The van der Waals surface area contributed by atoms with Crippen LogP contribution in [0.2, 0.25) is 5.02 Å². The average Bonchev–Trinajstić information content (AvgIpc) is 2.64. The lowest BCUT2D eigenvalue weighted by Gasteiger charge is -2.33. The maximum absolute atomic E-state index is 12.9. The van der Waals surface area contributed by atoms with Gasteiger partial charge in [0.2, 0.25) is 5.91 Å². The Hall–Kier alpha value is -1.73. The maximum atomic E-state index is 12.9. The summed E-state index contributed by atoms with van der Waals surface area (Å²) in [4.78, 5) is 38.2. The first-order chi connectivity index (χ1) is 12.4. The van der Waals surface area contributed by atoms with Crippen LogP contribution in [-0.2, 0) is 9.59 Å². The molecule has 2 atom stereocenters. The molecule has 2 rings (SSSR count). The van der Waals surface area contributed by atoms with Crippen LogP contribution in [0.25, 0.3) is 0 Å². The Labute approximate surface area is 162 Å². The molecule has 1 fully saturated rings. The molecule has 0 aromatic heterocycles. The topological polar surface area (TPSA) is 86.7 Å². The van der Waals surface area contributed by atoms with Gasteiger partial charge in [-0.15, -0.1) is 0 Å². The molecule has 1 aliphatic heterocycles. The minimum Gasteiger partial charge on any atom is -0.481 e. The van der Waals surface area contributed by atoms with Gasteiger partial charge in [0.1, 0.15) is 6.04 Å². The van der Waals surface area contributed by atoms with Crippen LogP contribution in [0.15, 0.2) is 24.3 Å². The third-order valence-electron chi connectivity index (χ3n) is 4.41. The minimum absolute atomic E-state index is 0.186. The first-order valence-electron chi connectivity index (χ1n) is 8.50. The summed E-state index contributed by atoms with van der Waals surface area (Å²) in [5.41, 5.74) is 0.318. The Balaban J connectivity index is 2.10. The number of likely N-dealkylation sites (tertiary alicyclic amines) is 1. The summed E-state index contributed by atoms with van der Waals surface area (Å²) in [7, 11) is 0. The van der Waals surface area contributed by atoms with Crippen molar-refractivity contribution >= 4 is 41.1 Å². The number of nitrogens with one attached hydrogen (secondary N) is 1. The fraction of sp³-hybridized carbons (Fsp3) is 0.500. The fourth-order valence-electron chi connectivity index (χ4n) is 2.97. The smallest absolute Gasteiger partial charge is 0.308 e. The summed E-state index contributed by atoms with van der Waals surface area (Å²) >= 11 is 7.65. The van der Waals surface area contributed by atoms with Gasteiger partial charge in [-0.25, -0.2) is 0 Å². The number of piperidine rings is 1. The van der Waals surface area contributed by atoms with Crippen molar-refractivity contribution in [1.29, 1.82) is 0 Å². The van der Waals surface area contributed by atoms with Gasteiger partial charge in [0.15, 0.2) is 0 Å². The Kier molecular flexibility index (Phi) is 7.78. The third kappa shape index (κ3) is 5.38. The van der Waals surface area contributed by atoms with Crippen molar-refractivity contribution < 1.29 is 19.5 Å². The first kappa shape index (κ1) is 20.6. The number of thioether (sulfide) groups is 1. The Morgan fingerprint density at radius 1 is 1.38 bits per heavy atom. The van der Waals surface area contributed by atoms with Gasteiger partial charge in [-0.05, 0) is 43.4 Å². The highest BCUT2D eigenvalue weighted by Gasteiger charge is 2.32. The quantitative estimate of drug-likeness (QED) is 0.737. The minimum atomic E-state index is -0.886. The van der Waals surface area contributed by atoms with Crippen LogP contribution in [0.1, 0.15) is 29.6 Å². The molecule has 1 aliphatic rings. The number of rotatable bonds is 7. The van der Waals surface area contributed by atoms with E-state index in [-0.39, 0.29) is 12.5 Å². The van der Waals surface area contributed by atoms with E-state index in [1.807, 2.05) is 6.26 Å². The number of hydrogen-bond acceptors (Lipinski definition) is 4. The number of carbonyl (C=O) groups is 3. The van der Waals surface area contributed by atoms with Crippen LogP contribution in [0.4, 0.5) is 0 Å². The summed E-state index contributed by atoms with van der Waals surface area (Å²) in [6, 6.07) is 5.97. The van der Waals surface area contributed by atoms with Crippen molar-refractivity contribution in [3.63, 3.8) is 0 Å². The highest BCUT2D eigenvalue weighted by Crippen LogP contribution is 2.19. The van der Waals surface area contributed by atoms with E-state index in [0.29, 0.717) is 42.1 Å². The second kappa shape index (κ2) is 9.83. The number of carboxylic acid groups (broad SMARTS) is 1. The second-order valence-electron chi connectivity index (χ2n) is 6.25. The number of hydrogen-bond donors (Lipinski definition) is 2. The largest absolute Gasteiger partial charge is 0.481 e. The van der Waals surface area contributed by atoms with Gasteiger partial charge in [-0.3, -0.25) is 14.4 Å². The lowest BCUT2D eigenvalue weighted by Crippen LogP contribution is -2.52. The maximum Gasteiger partial charge on any atom is 0.308 e. The molecule has 26 heavy (non-hydrogen) atoms. The number of nitrogens with zero attached hydrogens (tertiary/aromatic N) is 1. The lowest BCUT2D eigenvalue weighted by molar-refractivity contribution is -0.146. The number of halogens is 1. The summed E-state index contributed by atoms with van der Waals surface area (Å²) in [5, 5.41) is 12.3. The van der Waals surface area contributed by atoms with E-state index >= 15 is 0 Å². The molecule has 0 saturated carbocycles. The highest BCUT2D eigenvalue weighted by atomic mass is 35.5. The SMILES string of the molecule is CSCCC(NC(=O)c1ccccc1Cl)C(=O)N1CCCC(C(=O)O)C1. The summed E-state index contributed by atoms with van der Waals surface area (Å²) in [6.45, 7) is 0.701. The zero-order chi connectivity index (χ0) is 19.1. The van der Waals surface area contributed by atoms with E-state index in [2.05, 4.69) is 5.32 Å². The second-order valence-corrected chi connectivity index (χ2v) is 7.64. The van der Waals surface area contributed by atoms with Crippen molar-refractivity contribution in [1.82, 2.24) is 10.2 Å². The molecule has 1 saturated heterocycles. The predicted octanol–water partition coefficient (Wildman–Crippen LogP) is 2.51. The van der Waals surface area contributed by atoms with Crippen molar-refractivity contribution in [3.05, 3.63) is 34.9 Å². The standard InChI is InChI=1S/C18H23ClN2O4S/c1-26-10-8-15(20-16(22)13-6-2-3-7-14(13)19)17(23)21-9-4-5-12(11-21)18(24)25/h2-3,6-7,12,15H,4-5,8-11H2,1H3,(H,20,22)(H,24,25). The molecule has 0 aliphatic carbocycles. The monoisotopic (exact) mass is 398 g/mol. The number of aliphatic carboxylic acids is 1. The van der Waals surface area contributed by atoms with Crippen LogP contribution in [-0.4, -0.2) is 58.9 Å². The number of benzene rings is 1. The lowest BCUT2D eigenvalue weighted by atomic mass is 9.97. The van der Waals surface area contributed by atoms with Gasteiger partial charge in [-0.1, -0.05) is 23.7 Å². The van der Waals surface area contributed by atoms with Crippen LogP contribution >= 0.6 is 23.4 Å². The molecule has 1 aromatic rings. The summed E-state index contributed by atoms with van der Waals surface area (Å²) in [5.74, 6) is -1.36. The molecule has 2 N–H and O–H groups in total. The molecular formula is C18H23ClN2O4S. The zero-order valence-corrected chi connectivity index (χ0v) is 16.2. The Morgan fingerprint density at radius 3 is 2.77 bits per heavy atom. The van der Waals surface area contributed by atoms with Crippen LogP contribution < -0.4 is 5.32 Å². The van der Waals surface area contributed by atoms with Gasteiger partial charge in [-0.2, -0.15) is 11.8 Å². The average molecular weight is 399 g/mol. The van der Waals surface area contributed by atoms with E-state index < -0.39 is 23.8 Å². The van der Waals surface area contributed by atoms with Crippen molar-refractivity contribution in [2.45, 2.75) is 25.3 Å². The third-order valence-corrected chi connectivity index (χ3v) is 5.39. The van der Waals surface area contributed by atoms with Gasteiger partial charge in [0.05, 0.1) is 16.5 Å². The van der Waals surface area contributed by atoms with E-state index in [1.165, 1.54) is 0 Å².